The second kappa shape index (κ2) is 8.68. The molecule has 0 aliphatic heterocycles. The largest absolute Gasteiger partial charge is 0.356 e. The van der Waals surface area contributed by atoms with Crippen molar-refractivity contribution in [2.24, 2.45) is 0 Å². The maximum absolute atomic E-state index is 6.29. The van der Waals surface area contributed by atoms with E-state index < -0.39 is 0 Å². The van der Waals surface area contributed by atoms with Gasteiger partial charge in [-0.1, -0.05) is 48.8 Å². The first-order valence-corrected chi connectivity index (χ1v) is 11.1. The lowest BCUT2D eigenvalue weighted by Crippen LogP contribution is -2.26. The number of halogens is 2. The van der Waals surface area contributed by atoms with Gasteiger partial charge in [0, 0.05) is 28.0 Å². The van der Waals surface area contributed by atoms with E-state index in [0.717, 1.165) is 52.9 Å². The molecule has 3 aromatic rings. The average Bonchev–Trinajstić information content (AvgIpc) is 3.00. The Kier molecular flexibility index (Phi) is 6.54. The van der Waals surface area contributed by atoms with Gasteiger partial charge in [0.2, 0.25) is 5.28 Å². The van der Waals surface area contributed by atoms with Crippen molar-refractivity contribution in [2.45, 2.75) is 40.0 Å². The Morgan fingerprint density at radius 2 is 1.69 bits per heavy atom. The first kappa shape index (κ1) is 19.6. The highest BCUT2D eigenvalue weighted by Gasteiger charge is 2.22. The number of anilines is 1. The highest BCUT2D eigenvalue weighted by atomic mass is 79.9. The molecule has 0 amide bonds. The van der Waals surface area contributed by atoms with Crippen molar-refractivity contribution >= 4 is 54.9 Å². The predicted octanol–water partition coefficient (Wildman–Crippen LogP) is 6.96. The molecule has 0 radical (unpaired) electrons. The van der Waals surface area contributed by atoms with Crippen molar-refractivity contribution in [2.75, 3.05) is 18.0 Å². The number of nitrogens with zero attached hydrogens (tertiary/aromatic N) is 3. The molecule has 6 heteroatoms. The molecule has 0 spiro atoms. The molecule has 0 saturated carbocycles. The lowest BCUT2D eigenvalue weighted by Gasteiger charge is -2.24. The van der Waals surface area contributed by atoms with Crippen molar-refractivity contribution in [1.29, 1.82) is 0 Å². The van der Waals surface area contributed by atoms with E-state index in [1.165, 1.54) is 16.0 Å². The molecule has 3 nitrogen and oxygen atoms in total. The fourth-order valence-corrected chi connectivity index (χ4v) is 4.87. The molecular weight excluding hydrogens is 430 g/mol. The zero-order valence-corrected chi connectivity index (χ0v) is 18.5. The lowest BCUT2D eigenvalue weighted by atomic mass is 10.0. The molecule has 0 aliphatic rings. The Hall–Kier alpha value is -1.17. The standard InChI is InChI=1S/C20H23BrClN3S/c1-4-11-25(12-5-2)18-17-16(13-7-9-14(21)10-8-13)15(6-3)26-19(17)24-20(22)23-18/h7-10H,4-6,11-12H2,1-3H3. The molecule has 0 N–H and O–H groups in total. The van der Waals surface area contributed by atoms with Crippen LogP contribution < -0.4 is 4.90 Å². The fraction of sp³-hybridized carbons (Fsp3) is 0.400. The maximum atomic E-state index is 6.29. The van der Waals surface area contributed by atoms with Crippen molar-refractivity contribution in [3.8, 4) is 11.1 Å². The van der Waals surface area contributed by atoms with Gasteiger partial charge in [-0.3, -0.25) is 0 Å². The molecule has 2 aromatic heterocycles. The van der Waals surface area contributed by atoms with Gasteiger partial charge in [0.25, 0.3) is 0 Å². The minimum atomic E-state index is 0.330. The van der Waals surface area contributed by atoms with Gasteiger partial charge in [-0.15, -0.1) is 11.3 Å². The molecule has 138 valence electrons. The second-order valence-electron chi connectivity index (χ2n) is 6.24. The van der Waals surface area contributed by atoms with Crippen molar-refractivity contribution in [3.05, 3.63) is 38.9 Å². The Bertz CT molecular complexity index is 886. The smallest absolute Gasteiger partial charge is 0.225 e. The zero-order chi connectivity index (χ0) is 18.7. The minimum Gasteiger partial charge on any atom is -0.356 e. The predicted molar refractivity (Wildman–Crippen MR) is 118 cm³/mol. The van der Waals surface area contributed by atoms with Crippen LogP contribution in [0.5, 0.6) is 0 Å². The number of fused-ring (bicyclic) bond motifs is 1. The van der Waals surface area contributed by atoms with E-state index in [0.29, 0.717) is 5.28 Å². The maximum Gasteiger partial charge on any atom is 0.225 e. The monoisotopic (exact) mass is 451 g/mol. The van der Waals surface area contributed by atoms with Gasteiger partial charge in [-0.2, -0.15) is 4.98 Å². The molecule has 3 rings (SSSR count). The molecule has 26 heavy (non-hydrogen) atoms. The van der Waals surface area contributed by atoms with Crippen LogP contribution >= 0.6 is 38.9 Å². The van der Waals surface area contributed by atoms with E-state index >= 15 is 0 Å². The molecule has 1 aromatic carbocycles. The number of thiophene rings is 1. The summed E-state index contributed by atoms with van der Waals surface area (Å²) in [5, 5.41) is 1.47. The molecular formula is C20H23BrClN3S. The van der Waals surface area contributed by atoms with E-state index in [-0.39, 0.29) is 0 Å². The van der Waals surface area contributed by atoms with Gasteiger partial charge in [0.1, 0.15) is 10.6 Å². The van der Waals surface area contributed by atoms with Crippen LogP contribution in [-0.2, 0) is 6.42 Å². The lowest BCUT2D eigenvalue weighted by molar-refractivity contribution is 0.736. The third kappa shape index (κ3) is 3.90. The third-order valence-electron chi connectivity index (χ3n) is 4.32. The van der Waals surface area contributed by atoms with E-state index in [4.69, 9.17) is 11.6 Å². The van der Waals surface area contributed by atoms with Crippen LogP contribution in [0.25, 0.3) is 21.3 Å². The Morgan fingerprint density at radius 1 is 1.04 bits per heavy atom. The van der Waals surface area contributed by atoms with Crippen LogP contribution in [0.15, 0.2) is 28.7 Å². The summed E-state index contributed by atoms with van der Waals surface area (Å²) < 4.78 is 1.08. The van der Waals surface area contributed by atoms with Crippen molar-refractivity contribution < 1.29 is 0 Å². The normalized spacial score (nSPS) is 11.3. The molecule has 0 fully saturated rings. The summed E-state index contributed by atoms with van der Waals surface area (Å²) in [7, 11) is 0. The van der Waals surface area contributed by atoms with E-state index in [2.05, 4.69) is 75.8 Å². The SMILES string of the molecule is CCCN(CCC)c1nc(Cl)nc2sc(CC)c(-c3ccc(Br)cc3)c12. The van der Waals surface area contributed by atoms with Gasteiger partial charge >= 0.3 is 0 Å². The molecule has 2 heterocycles. The summed E-state index contributed by atoms with van der Waals surface area (Å²) in [6.07, 6.45) is 3.11. The topological polar surface area (TPSA) is 29.0 Å². The van der Waals surface area contributed by atoms with Crippen LogP contribution in [0.1, 0.15) is 38.5 Å². The first-order valence-electron chi connectivity index (χ1n) is 9.08. The highest BCUT2D eigenvalue weighted by molar-refractivity contribution is 9.10. The van der Waals surface area contributed by atoms with Gasteiger partial charge < -0.3 is 4.90 Å². The number of rotatable bonds is 7. The summed E-state index contributed by atoms with van der Waals surface area (Å²) >= 11 is 11.6. The number of aromatic nitrogens is 2. The van der Waals surface area contributed by atoms with Crippen LogP contribution in [0, 0.1) is 0 Å². The molecule has 0 unspecified atom stereocenters. The minimum absolute atomic E-state index is 0.330. The van der Waals surface area contributed by atoms with Crippen LogP contribution in [0.3, 0.4) is 0 Å². The van der Waals surface area contributed by atoms with E-state index in [1.54, 1.807) is 11.3 Å². The number of hydrogen-bond acceptors (Lipinski definition) is 4. The number of hydrogen-bond donors (Lipinski definition) is 0. The van der Waals surface area contributed by atoms with Crippen LogP contribution in [0.2, 0.25) is 5.28 Å². The van der Waals surface area contributed by atoms with E-state index in [1.807, 2.05) is 0 Å². The summed E-state index contributed by atoms with van der Waals surface area (Å²) in [6.45, 7) is 8.52. The second-order valence-corrected chi connectivity index (χ2v) is 8.58. The fourth-order valence-electron chi connectivity index (χ4n) is 3.27. The molecule has 0 aliphatic carbocycles. The van der Waals surface area contributed by atoms with Crippen LogP contribution in [-0.4, -0.2) is 23.1 Å². The third-order valence-corrected chi connectivity index (χ3v) is 6.24. The molecule has 0 saturated heterocycles. The summed E-state index contributed by atoms with van der Waals surface area (Å²) in [6, 6.07) is 8.50. The van der Waals surface area contributed by atoms with E-state index in [9.17, 15) is 0 Å². The quantitative estimate of drug-likeness (QED) is 0.363. The number of benzene rings is 1. The summed E-state index contributed by atoms with van der Waals surface area (Å²) in [5.41, 5.74) is 2.46. The molecule has 0 atom stereocenters. The Morgan fingerprint density at radius 3 is 2.27 bits per heavy atom. The number of aryl methyl sites for hydroxylation is 1. The van der Waals surface area contributed by atoms with Gasteiger partial charge in [-0.05, 0) is 48.6 Å². The molecule has 0 bridgehead atoms. The Balaban J connectivity index is 2.30. The summed E-state index contributed by atoms with van der Waals surface area (Å²) in [5.74, 6) is 0.970. The zero-order valence-electron chi connectivity index (χ0n) is 15.4. The van der Waals surface area contributed by atoms with Gasteiger partial charge in [0.05, 0.1) is 5.39 Å². The summed E-state index contributed by atoms with van der Waals surface area (Å²) in [4.78, 5) is 13.9. The van der Waals surface area contributed by atoms with Gasteiger partial charge in [0.15, 0.2) is 0 Å². The van der Waals surface area contributed by atoms with Crippen molar-refractivity contribution in [3.63, 3.8) is 0 Å². The van der Waals surface area contributed by atoms with Crippen molar-refractivity contribution in [1.82, 2.24) is 9.97 Å². The average molecular weight is 453 g/mol. The first-order chi connectivity index (χ1) is 12.6. The highest BCUT2D eigenvalue weighted by Crippen LogP contribution is 2.43. The van der Waals surface area contributed by atoms with Crippen LogP contribution in [0.4, 0.5) is 5.82 Å². The Labute approximate surface area is 172 Å². The van der Waals surface area contributed by atoms with Gasteiger partial charge in [-0.25, -0.2) is 4.98 Å².